The highest BCUT2D eigenvalue weighted by atomic mass is 32.2. The minimum absolute atomic E-state index is 0.0732. The maximum atomic E-state index is 13.1. The van der Waals surface area contributed by atoms with Gasteiger partial charge in [-0.3, -0.25) is 0 Å². The van der Waals surface area contributed by atoms with Crippen LogP contribution in [0.15, 0.2) is 76.3 Å². The second kappa shape index (κ2) is 8.91. The van der Waals surface area contributed by atoms with Crippen LogP contribution < -0.4 is 5.73 Å². The summed E-state index contributed by atoms with van der Waals surface area (Å²) in [5.74, 6) is 0. The van der Waals surface area contributed by atoms with Gasteiger partial charge in [0.2, 0.25) is 0 Å². The molecule has 0 unspecified atom stereocenters. The van der Waals surface area contributed by atoms with Crippen molar-refractivity contribution < 1.29 is 21.6 Å². The van der Waals surface area contributed by atoms with E-state index < -0.39 is 21.7 Å². The minimum atomic E-state index is -4.69. The molecular formula is C23H21F3N2O2S2. The molecule has 0 fully saturated rings. The lowest BCUT2D eigenvalue weighted by Crippen LogP contribution is -2.20. The van der Waals surface area contributed by atoms with Crippen molar-refractivity contribution in [1.82, 2.24) is 0 Å². The summed E-state index contributed by atoms with van der Waals surface area (Å²) in [5, 5.41) is 0. The van der Waals surface area contributed by atoms with Crippen LogP contribution in [0.3, 0.4) is 0 Å². The summed E-state index contributed by atoms with van der Waals surface area (Å²) in [4.78, 5) is 5.81. The minimum Gasteiger partial charge on any atom is -0.395 e. The molecule has 0 bridgehead atoms. The van der Waals surface area contributed by atoms with Crippen molar-refractivity contribution in [2.24, 2.45) is 10.7 Å². The fourth-order valence-electron chi connectivity index (χ4n) is 2.87. The van der Waals surface area contributed by atoms with E-state index in [9.17, 15) is 21.6 Å². The molecule has 3 rings (SSSR count). The van der Waals surface area contributed by atoms with Gasteiger partial charge in [0.25, 0.3) is 0 Å². The van der Waals surface area contributed by atoms with Gasteiger partial charge in [-0.1, -0.05) is 24.3 Å². The fraction of sp³-hybridized carbons (Fsp3) is 0.174. The van der Waals surface area contributed by atoms with Crippen LogP contribution in [0, 0.1) is 13.8 Å². The average Bonchev–Trinajstić information content (AvgIpc) is 3.19. The van der Waals surface area contributed by atoms with Gasteiger partial charge in [-0.15, -0.1) is 11.3 Å². The van der Waals surface area contributed by atoms with E-state index in [-0.39, 0.29) is 10.6 Å². The van der Waals surface area contributed by atoms with Crippen molar-refractivity contribution in [2.45, 2.75) is 24.9 Å². The van der Waals surface area contributed by atoms with Gasteiger partial charge in [0, 0.05) is 11.1 Å². The Bertz CT molecular complexity index is 1320. The van der Waals surface area contributed by atoms with Crippen LogP contribution in [-0.2, 0) is 9.84 Å². The van der Waals surface area contributed by atoms with E-state index in [0.29, 0.717) is 21.0 Å². The Morgan fingerprint density at radius 2 is 1.78 bits per heavy atom. The van der Waals surface area contributed by atoms with Crippen LogP contribution in [-0.4, -0.2) is 26.6 Å². The van der Waals surface area contributed by atoms with Gasteiger partial charge in [0.15, 0.2) is 9.84 Å². The van der Waals surface area contributed by atoms with Crippen molar-refractivity contribution in [2.75, 3.05) is 6.26 Å². The number of aliphatic imine (C=N–C) groups is 1. The SMILES string of the molecule is Cc1ccc(C)c(N=C(C=C(N)C(F)(F)F)c2ccc(-c3cccc(S(C)(=O)=O)c3)s2)c1. The molecular weight excluding hydrogens is 457 g/mol. The molecule has 4 nitrogen and oxygen atoms in total. The third-order valence-corrected chi connectivity index (χ3v) is 6.90. The molecule has 2 aromatic carbocycles. The number of aryl methyl sites for hydroxylation is 2. The average molecular weight is 479 g/mol. The molecule has 168 valence electrons. The number of rotatable bonds is 5. The zero-order valence-corrected chi connectivity index (χ0v) is 19.2. The number of sulfone groups is 1. The standard InChI is InChI=1S/C23H21F3N2O2S2/c1-14-7-8-15(2)18(11-14)28-19(13-22(27)23(24,25)26)21-10-9-20(31-21)16-5-4-6-17(12-16)32(3,29)30/h4-13H,27H2,1-3H3. The third kappa shape index (κ3) is 5.66. The highest BCUT2D eigenvalue weighted by Gasteiger charge is 2.32. The normalized spacial score (nSPS) is 13.4. The monoisotopic (exact) mass is 478 g/mol. The number of hydrogen-bond acceptors (Lipinski definition) is 5. The van der Waals surface area contributed by atoms with Crippen molar-refractivity contribution in [3.63, 3.8) is 0 Å². The summed E-state index contributed by atoms with van der Waals surface area (Å²) >= 11 is 1.20. The first-order chi connectivity index (χ1) is 14.8. The van der Waals surface area contributed by atoms with E-state index in [1.807, 2.05) is 26.0 Å². The van der Waals surface area contributed by atoms with Gasteiger partial charge in [-0.2, -0.15) is 13.2 Å². The van der Waals surface area contributed by atoms with E-state index >= 15 is 0 Å². The van der Waals surface area contributed by atoms with Crippen LogP contribution in [0.2, 0.25) is 0 Å². The maximum Gasteiger partial charge on any atom is 0.430 e. The molecule has 0 saturated heterocycles. The number of alkyl halides is 3. The van der Waals surface area contributed by atoms with Crippen molar-refractivity contribution in [3.05, 3.63) is 82.4 Å². The van der Waals surface area contributed by atoms with Crippen molar-refractivity contribution in [1.29, 1.82) is 0 Å². The zero-order valence-electron chi connectivity index (χ0n) is 17.6. The van der Waals surface area contributed by atoms with Crippen molar-refractivity contribution >= 4 is 32.6 Å². The summed E-state index contributed by atoms with van der Waals surface area (Å²) in [6.07, 6.45) is -2.75. The molecule has 1 aromatic heterocycles. The van der Waals surface area contributed by atoms with E-state index in [1.165, 1.54) is 23.5 Å². The maximum absolute atomic E-state index is 13.1. The smallest absolute Gasteiger partial charge is 0.395 e. The zero-order chi connectivity index (χ0) is 23.7. The predicted molar refractivity (Wildman–Crippen MR) is 123 cm³/mol. The first-order valence-electron chi connectivity index (χ1n) is 9.45. The number of thiophene rings is 1. The number of benzene rings is 2. The Hall–Kier alpha value is -2.91. The predicted octanol–water partition coefficient (Wildman–Crippen LogP) is 5.96. The highest BCUT2D eigenvalue weighted by molar-refractivity contribution is 7.90. The Labute approximate surface area is 188 Å². The van der Waals surface area contributed by atoms with E-state index in [4.69, 9.17) is 5.73 Å². The number of nitrogens with zero attached hydrogens (tertiary/aromatic N) is 1. The molecule has 0 amide bonds. The van der Waals surface area contributed by atoms with E-state index in [2.05, 4.69) is 4.99 Å². The van der Waals surface area contributed by atoms with Gasteiger partial charge in [-0.05, 0) is 66.9 Å². The lowest BCUT2D eigenvalue weighted by atomic mass is 10.1. The Morgan fingerprint density at radius 1 is 1.06 bits per heavy atom. The second-order valence-corrected chi connectivity index (χ2v) is 10.4. The summed E-state index contributed by atoms with van der Waals surface area (Å²) in [6.45, 7) is 3.69. The lowest BCUT2D eigenvalue weighted by molar-refractivity contribution is -0.0925. The van der Waals surface area contributed by atoms with Gasteiger partial charge >= 0.3 is 6.18 Å². The number of allylic oxidation sites excluding steroid dienone is 2. The molecule has 0 saturated carbocycles. The van der Waals surface area contributed by atoms with Crippen LogP contribution in [0.4, 0.5) is 18.9 Å². The van der Waals surface area contributed by atoms with Crippen molar-refractivity contribution in [3.8, 4) is 10.4 Å². The van der Waals surface area contributed by atoms with Crippen LogP contribution in [0.1, 0.15) is 16.0 Å². The Balaban J connectivity index is 2.12. The summed E-state index contributed by atoms with van der Waals surface area (Å²) in [7, 11) is -3.39. The molecule has 32 heavy (non-hydrogen) atoms. The Morgan fingerprint density at radius 3 is 2.44 bits per heavy atom. The van der Waals surface area contributed by atoms with Crippen LogP contribution >= 0.6 is 11.3 Å². The van der Waals surface area contributed by atoms with E-state index in [0.717, 1.165) is 23.5 Å². The molecule has 0 spiro atoms. The molecule has 9 heteroatoms. The van der Waals surface area contributed by atoms with Crippen LogP contribution in [0.25, 0.3) is 10.4 Å². The Kier molecular flexibility index (Phi) is 6.61. The number of nitrogens with two attached hydrogens (primary N) is 1. The molecule has 0 radical (unpaired) electrons. The van der Waals surface area contributed by atoms with Gasteiger partial charge in [0.1, 0.15) is 5.70 Å². The van der Waals surface area contributed by atoms with Crippen LogP contribution in [0.5, 0.6) is 0 Å². The summed E-state index contributed by atoms with van der Waals surface area (Å²) in [5.41, 5.74) is 7.02. The summed E-state index contributed by atoms with van der Waals surface area (Å²) in [6, 6.07) is 15.3. The number of halogens is 3. The molecule has 0 atom stereocenters. The first-order valence-corrected chi connectivity index (χ1v) is 12.2. The molecule has 3 aromatic rings. The fourth-order valence-corrected chi connectivity index (χ4v) is 4.50. The molecule has 2 N–H and O–H groups in total. The van der Waals surface area contributed by atoms with Gasteiger partial charge in [-0.25, -0.2) is 13.4 Å². The topological polar surface area (TPSA) is 72.5 Å². The molecule has 0 aliphatic carbocycles. The second-order valence-electron chi connectivity index (χ2n) is 7.35. The lowest BCUT2D eigenvalue weighted by Gasteiger charge is -2.08. The quantitative estimate of drug-likeness (QED) is 0.460. The molecule has 0 aliphatic heterocycles. The van der Waals surface area contributed by atoms with Gasteiger partial charge in [0.05, 0.1) is 21.2 Å². The largest absolute Gasteiger partial charge is 0.430 e. The summed E-state index contributed by atoms with van der Waals surface area (Å²) < 4.78 is 63.1. The first kappa shape index (κ1) is 23.7. The molecule has 0 aliphatic rings. The third-order valence-electron chi connectivity index (χ3n) is 4.63. The van der Waals surface area contributed by atoms with Gasteiger partial charge < -0.3 is 5.73 Å². The number of hydrogen-bond donors (Lipinski definition) is 1. The van der Waals surface area contributed by atoms with E-state index in [1.54, 1.807) is 30.3 Å². The molecule has 1 heterocycles. The highest BCUT2D eigenvalue weighted by Crippen LogP contribution is 2.32.